The monoisotopic (exact) mass is 546 g/mol. The number of rotatable bonds is 10. The number of fused-ring (bicyclic) bond motifs is 1. The molecule has 6 nitrogen and oxygen atoms in total. The molecule has 3 aromatic carbocycles. The van der Waals surface area contributed by atoms with Gasteiger partial charge in [-0.25, -0.2) is 0 Å². The van der Waals surface area contributed by atoms with Crippen molar-refractivity contribution in [3.05, 3.63) is 94.5 Å². The lowest BCUT2D eigenvalue weighted by Crippen LogP contribution is -2.52. The second-order valence-electron chi connectivity index (χ2n) is 10.4. The molecule has 7 heteroatoms. The highest BCUT2D eigenvalue weighted by Gasteiger charge is 2.32. The summed E-state index contributed by atoms with van der Waals surface area (Å²) in [5.74, 6) is 1.27. The lowest BCUT2D eigenvalue weighted by molar-refractivity contribution is -0.141. The van der Waals surface area contributed by atoms with Gasteiger partial charge < -0.3 is 19.7 Å². The van der Waals surface area contributed by atoms with Crippen molar-refractivity contribution in [2.24, 2.45) is 0 Å². The number of hydrogen-bond donors (Lipinski definition) is 1. The van der Waals surface area contributed by atoms with Gasteiger partial charge in [-0.15, -0.1) is 0 Å². The van der Waals surface area contributed by atoms with E-state index >= 15 is 0 Å². The largest absolute Gasteiger partial charge is 0.454 e. The quantitative estimate of drug-likeness (QED) is 0.334. The van der Waals surface area contributed by atoms with Crippen molar-refractivity contribution < 1.29 is 19.1 Å². The van der Waals surface area contributed by atoms with Gasteiger partial charge in [0, 0.05) is 30.5 Å². The second-order valence-corrected chi connectivity index (χ2v) is 10.8. The molecule has 2 aliphatic rings. The van der Waals surface area contributed by atoms with Crippen molar-refractivity contribution in [3.8, 4) is 11.5 Å². The summed E-state index contributed by atoms with van der Waals surface area (Å²) in [5.41, 5.74) is 2.94. The lowest BCUT2D eigenvalue weighted by Gasteiger charge is -2.33. The minimum Gasteiger partial charge on any atom is -0.454 e. The van der Waals surface area contributed by atoms with Crippen LogP contribution in [0.3, 0.4) is 0 Å². The van der Waals surface area contributed by atoms with Crippen molar-refractivity contribution in [3.63, 3.8) is 0 Å². The van der Waals surface area contributed by atoms with E-state index in [9.17, 15) is 9.59 Å². The van der Waals surface area contributed by atoms with Crippen LogP contribution in [0.2, 0.25) is 5.02 Å². The molecule has 0 spiro atoms. The van der Waals surface area contributed by atoms with Gasteiger partial charge >= 0.3 is 0 Å². The molecular formula is C32H35ClN2O4. The summed E-state index contributed by atoms with van der Waals surface area (Å²) in [6.45, 7) is 0.538. The summed E-state index contributed by atoms with van der Waals surface area (Å²) in [4.78, 5) is 29.5. The zero-order valence-corrected chi connectivity index (χ0v) is 22.9. The number of nitrogens with zero attached hydrogens (tertiary/aromatic N) is 1. The Morgan fingerprint density at radius 2 is 1.59 bits per heavy atom. The van der Waals surface area contributed by atoms with E-state index in [1.165, 1.54) is 6.42 Å². The van der Waals surface area contributed by atoms with Crippen LogP contribution >= 0.6 is 11.6 Å². The van der Waals surface area contributed by atoms with E-state index in [-0.39, 0.29) is 31.1 Å². The number of carbonyl (C=O) groups excluding carboxylic acids is 2. The SMILES string of the molecule is O=C(NC1CCCCC1)[C@@H](Cc1ccccc1)N(Cc1ccc(Cl)cc1)C(=O)CCc1ccc2c(c1)OCO2. The Balaban J connectivity index is 1.39. The zero-order valence-electron chi connectivity index (χ0n) is 22.1. The summed E-state index contributed by atoms with van der Waals surface area (Å²) in [5, 5.41) is 3.92. The van der Waals surface area contributed by atoms with Crippen LogP contribution in [-0.2, 0) is 29.0 Å². The van der Waals surface area contributed by atoms with Crippen LogP contribution in [0.15, 0.2) is 72.8 Å². The van der Waals surface area contributed by atoms with E-state index in [1.54, 1.807) is 4.90 Å². The molecule has 1 aliphatic heterocycles. The first-order chi connectivity index (χ1) is 19.0. The number of nitrogens with one attached hydrogen (secondary N) is 1. The Morgan fingerprint density at radius 3 is 2.36 bits per heavy atom. The number of halogens is 1. The van der Waals surface area contributed by atoms with E-state index in [4.69, 9.17) is 21.1 Å². The zero-order chi connectivity index (χ0) is 27.0. The molecule has 0 saturated heterocycles. The minimum absolute atomic E-state index is 0.0673. The molecule has 1 atom stereocenters. The Morgan fingerprint density at radius 1 is 0.872 bits per heavy atom. The Labute approximate surface area is 235 Å². The third-order valence-electron chi connectivity index (χ3n) is 7.55. The number of carbonyl (C=O) groups is 2. The first kappa shape index (κ1) is 27.1. The molecule has 2 amide bonds. The molecule has 0 bridgehead atoms. The molecular weight excluding hydrogens is 512 g/mol. The molecule has 5 rings (SSSR count). The summed E-state index contributed by atoms with van der Waals surface area (Å²) in [6.07, 6.45) is 6.68. The summed E-state index contributed by atoms with van der Waals surface area (Å²) < 4.78 is 10.9. The van der Waals surface area contributed by atoms with Crippen LogP contribution in [0, 0.1) is 0 Å². The predicted molar refractivity (Wildman–Crippen MR) is 152 cm³/mol. The van der Waals surface area contributed by atoms with E-state index < -0.39 is 6.04 Å². The van der Waals surface area contributed by atoms with E-state index in [2.05, 4.69) is 5.32 Å². The number of ether oxygens (including phenoxy) is 2. The van der Waals surface area contributed by atoms with Gasteiger partial charge in [-0.3, -0.25) is 9.59 Å². The summed E-state index contributed by atoms with van der Waals surface area (Å²) >= 11 is 6.13. The van der Waals surface area contributed by atoms with Crippen LogP contribution in [0.1, 0.15) is 55.2 Å². The van der Waals surface area contributed by atoms with Crippen molar-refractivity contribution >= 4 is 23.4 Å². The van der Waals surface area contributed by atoms with Gasteiger partial charge in [-0.1, -0.05) is 79.4 Å². The van der Waals surface area contributed by atoms with Gasteiger partial charge in [-0.2, -0.15) is 0 Å². The van der Waals surface area contributed by atoms with Crippen molar-refractivity contribution in [1.29, 1.82) is 0 Å². The van der Waals surface area contributed by atoms with E-state index in [1.807, 2.05) is 72.8 Å². The maximum Gasteiger partial charge on any atom is 0.243 e. The number of aryl methyl sites for hydroxylation is 1. The molecule has 204 valence electrons. The number of benzene rings is 3. The lowest BCUT2D eigenvalue weighted by atomic mass is 9.94. The second kappa shape index (κ2) is 13.0. The van der Waals surface area contributed by atoms with E-state index in [0.29, 0.717) is 30.2 Å². The average Bonchev–Trinajstić information content (AvgIpc) is 3.44. The van der Waals surface area contributed by atoms with Gasteiger partial charge in [0.1, 0.15) is 6.04 Å². The summed E-state index contributed by atoms with van der Waals surface area (Å²) in [7, 11) is 0. The third kappa shape index (κ3) is 7.33. The van der Waals surface area contributed by atoms with Crippen molar-refractivity contribution in [2.75, 3.05) is 6.79 Å². The smallest absolute Gasteiger partial charge is 0.243 e. The molecule has 1 heterocycles. The average molecular weight is 547 g/mol. The standard InChI is InChI=1S/C32H35ClN2O4/c33-26-15-11-25(12-16-26)21-35(31(36)18-14-24-13-17-29-30(20-24)39-22-38-29)28(19-23-7-3-1-4-8-23)32(37)34-27-9-5-2-6-10-27/h1,3-4,7-8,11-13,15-17,20,27-28H,2,5-6,9-10,14,18-19,21-22H2,(H,34,37)/t28-/m1/s1. The van der Waals surface area contributed by atoms with Crippen LogP contribution in [-0.4, -0.2) is 35.6 Å². The molecule has 1 fully saturated rings. The van der Waals surface area contributed by atoms with Crippen LogP contribution in [0.5, 0.6) is 11.5 Å². The molecule has 1 N–H and O–H groups in total. The number of amides is 2. The Kier molecular flexibility index (Phi) is 9.04. The molecule has 1 aliphatic carbocycles. The van der Waals surface area contributed by atoms with Gasteiger partial charge in [0.15, 0.2) is 11.5 Å². The van der Waals surface area contributed by atoms with Crippen molar-refractivity contribution in [2.45, 2.75) is 70.0 Å². The van der Waals surface area contributed by atoms with Crippen LogP contribution in [0.25, 0.3) is 0 Å². The molecule has 0 aromatic heterocycles. The first-order valence-electron chi connectivity index (χ1n) is 13.8. The molecule has 0 radical (unpaired) electrons. The van der Waals surface area contributed by atoms with Gasteiger partial charge in [0.2, 0.25) is 18.6 Å². The molecule has 3 aromatic rings. The Hall–Kier alpha value is -3.51. The Bertz CT molecular complexity index is 1260. The maximum absolute atomic E-state index is 13.9. The molecule has 39 heavy (non-hydrogen) atoms. The fourth-order valence-corrected chi connectivity index (χ4v) is 5.50. The van der Waals surface area contributed by atoms with Gasteiger partial charge in [0.05, 0.1) is 0 Å². The van der Waals surface area contributed by atoms with Crippen molar-refractivity contribution in [1.82, 2.24) is 10.2 Å². The van der Waals surface area contributed by atoms with Crippen LogP contribution < -0.4 is 14.8 Å². The van der Waals surface area contributed by atoms with Gasteiger partial charge in [0.25, 0.3) is 0 Å². The minimum atomic E-state index is -0.630. The highest BCUT2D eigenvalue weighted by molar-refractivity contribution is 6.30. The van der Waals surface area contributed by atoms with Gasteiger partial charge in [-0.05, 0) is 60.2 Å². The highest BCUT2D eigenvalue weighted by Crippen LogP contribution is 2.33. The number of hydrogen-bond acceptors (Lipinski definition) is 4. The maximum atomic E-state index is 13.9. The first-order valence-corrected chi connectivity index (χ1v) is 14.2. The molecule has 0 unspecified atom stereocenters. The molecule has 1 saturated carbocycles. The third-order valence-corrected chi connectivity index (χ3v) is 7.81. The predicted octanol–water partition coefficient (Wildman–Crippen LogP) is 6.09. The fraction of sp³-hybridized carbons (Fsp3) is 0.375. The van der Waals surface area contributed by atoms with Crippen LogP contribution in [0.4, 0.5) is 0 Å². The normalized spacial score (nSPS) is 15.5. The fourth-order valence-electron chi connectivity index (χ4n) is 5.38. The topological polar surface area (TPSA) is 67.9 Å². The van der Waals surface area contributed by atoms with E-state index in [0.717, 1.165) is 48.1 Å². The summed E-state index contributed by atoms with van der Waals surface area (Å²) in [6, 6.07) is 22.7. The highest BCUT2D eigenvalue weighted by atomic mass is 35.5.